The number of aromatic nitrogens is 3. The third-order valence-corrected chi connectivity index (χ3v) is 3.60. The quantitative estimate of drug-likeness (QED) is 0.795. The number of hydrogen-bond donors (Lipinski definition) is 1. The van der Waals surface area contributed by atoms with Crippen molar-refractivity contribution in [1.82, 2.24) is 15.1 Å². The molecule has 0 spiro atoms. The summed E-state index contributed by atoms with van der Waals surface area (Å²) in [5.74, 6) is 0.864. The normalized spacial score (nSPS) is 10.5. The van der Waals surface area contributed by atoms with Gasteiger partial charge in [0.1, 0.15) is 11.8 Å². The van der Waals surface area contributed by atoms with E-state index in [1.165, 1.54) is 0 Å². The lowest BCUT2D eigenvalue weighted by Crippen LogP contribution is -1.91. The smallest absolute Gasteiger partial charge is 0.274 e. The molecule has 21 heavy (non-hydrogen) atoms. The second-order valence-electron chi connectivity index (χ2n) is 4.35. The molecule has 0 saturated carbocycles. The third-order valence-electron chi connectivity index (χ3n) is 2.86. The molecule has 0 amide bonds. The monoisotopic (exact) mass is 318 g/mol. The zero-order chi connectivity index (χ0) is 14.8. The van der Waals surface area contributed by atoms with Crippen LogP contribution in [-0.4, -0.2) is 15.1 Å². The van der Waals surface area contributed by atoms with E-state index in [1.54, 1.807) is 24.4 Å². The number of hydrogen-bond acceptors (Lipinski definition) is 4. The summed E-state index contributed by atoms with van der Waals surface area (Å²) >= 11 is 11.8. The van der Waals surface area contributed by atoms with Crippen molar-refractivity contribution in [2.45, 2.75) is 6.42 Å². The highest BCUT2D eigenvalue weighted by molar-refractivity contribution is 6.42. The van der Waals surface area contributed by atoms with Crippen molar-refractivity contribution < 1.29 is 4.52 Å². The summed E-state index contributed by atoms with van der Waals surface area (Å²) in [6.45, 7) is 0. The molecular weight excluding hydrogens is 311 g/mol. The van der Waals surface area contributed by atoms with Gasteiger partial charge in [-0.15, -0.1) is 0 Å². The van der Waals surface area contributed by atoms with Crippen molar-refractivity contribution in [3.63, 3.8) is 0 Å². The average Bonchev–Trinajstić information content (AvgIpc) is 3.11. The molecule has 0 aliphatic carbocycles. The first-order valence-electron chi connectivity index (χ1n) is 6.01. The Bertz CT molecular complexity index is 832. The minimum Gasteiger partial charge on any atom is -0.356 e. The number of aromatic amines is 1. The van der Waals surface area contributed by atoms with Crippen LogP contribution >= 0.6 is 23.2 Å². The molecule has 0 aliphatic heterocycles. The molecule has 0 aliphatic rings. The molecule has 5 nitrogen and oxygen atoms in total. The van der Waals surface area contributed by atoms with E-state index in [1.807, 2.05) is 12.1 Å². The fourth-order valence-electron chi connectivity index (χ4n) is 1.85. The Kier molecular flexibility index (Phi) is 3.65. The molecule has 0 fully saturated rings. The van der Waals surface area contributed by atoms with Gasteiger partial charge < -0.3 is 9.51 Å². The van der Waals surface area contributed by atoms with Crippen LogP contribution in [0.4, 0.5) is 0 Å². The van der Waals surface area contributed by atoms with Crippen LogP contribution < -0.4 is 0 Å². The van der Waals surface area contributed by atoms with E-state index in [0.29, 0.717) is 39.4 Å². The molecule has 3 rings (SSSR count). The molecule has 0 unspecified atom stereocenters. The molecule has 0 saturated heterocycles. The van der Waals surface area contributed by atoms with Crippen molar-refractivity contribution in [2.24, 2.45) is 0 Å². The van der Waals surface area contributed by atoms with Gasteiger partial charge in [0, 0.05) is 12.6 Å². The molecule has 3 aromatic rings. The van der Waals surface area contributed by atoms with Crippen LogP contribution in [0.25, 0.3) is 11.6 Å². The second kappa shape index (κ2) is 5.60. The van der Waals surface area contributed by atoms with E-state index >= 15 is 0 Å². The predicted molar refractivity (Wildman–Crippen MR) is 78.1 cm³/mol. The molecule has 2 aromatic heterocycles. The fourth-order valence-corrected chi connectivity index (χ4v) is 2.17. The van der Waals surface area contributed by atoms with Gasteiger partial charge in [0.25, 0.3) is 5.89 Å². The van der Waals surface area contributed by atoms with Gasteiger partial charge in [0.05, 0.1) is 15.6 Å². The van der Waals surface area contributed by atoms with Crippen LogP contribution in [0.15, 0.2) is 35.0 Å². The first-order valence-corrected chi connectivity index (χ1v) is 6.76. The van der Waals surface area contributed by atoms with Crippen LogP contribution in [0.2, 0.25) is 10.0 Å². The largest absolute Gasteiger partial charge is 0.356 e. The molecular formula is C14H8Cl2N4O. The van der Waals surface area contributed by atoms with Gasteiger partial charge in [-0.2, -0.15) is 10.2 Å². The number of nitrogens with zero attached hydrogens (tertiary/aromatic N) is 3. The minimum absolute atomic E-state index is 0.339. The maximum Gasteiger partial charge on any atom is 0.274 e. The first-order chi connectivity index (χ1) is 10.2. The van der Waals surface area contributed by atoms with Gasteiger partial charge in [0.2, 0.25) is 0 Å². The summed E-state index contributed by atoms with van der Waals surface area (Å²) in [5, 5.41) is 13.7. The zero-order valence-corrected chi connectivity index (χ0v) is 12.1. The Morgan fingerprint density at radius 3 is 2.81 bits per heavy atom. The second-order valence-corrected chi connectivity index (χ2v) is 5.17. The van der Waals surface area contributed by atoms with Gasteiger partial charge in [-0.3, -0.25) is 0 Å². The maximum absolute atomic E-state index is 8.79. The lowest BCUT2D eigenvalue weighted by molar-refractivity contribution is 0.423. The lowest BCUT2D eigenvalue weighted by Gasteiger charge is -1.99. The number of H-pyrrole nitrogens is 1. The highest BCUT2D eigenvalue weighted by Crippen LogP contribution is 2.24. The van der Waals surface area contributed by atoms with Gasteiger partial charge in [-0.25, -0.2) is 0 Å². The number of benzene rings is 1. The Labute approximate surface area is 130 Å². The van der Waals surface area contributed by atoms with Gasteiger partial charge in [0.15, 0.2) is 5.82 Å². The number of halogens is 2. The number of nitrogens with one attached hydrogen (secondary N) is 1. The Morgan fingerprint density at radius 1 is 1.24 bits per heavy atom. The highest BCUT2D eigenvalue weighted by Gasteiger charge is 2.12. The lowest BCUT2D eigenvalue weighted by atomic mass is 10.1. The molecule has 1 N–H and O–H groups in total. The van der Waals surface area contributed by atoms with E-state index in [9.17, 15) is 0 Å². The van der Waals surface area contributed by atoms with Crippen LogP contribution in [-0.2, 0) is 6.42 Å². The van der Waals surface area contributed by atoms with E-state index in [0.717, 1.165) is 5.56 Å². The predicted octanol–water partition coefficient (Wildman–Crippen LogP) is 3.83. The molecule has 104 valence electrons. The molecule has 2 heterocycles. The Morgan fingerprint density at radius 2 is 2.10 bits per heavy atom. The summed E-state index contributed by atoms with van der Waals surface area (Å²) in [6, 6.07) is 9.02. The maximum atomic E-state index is 8.79. The molecule has 7 heteroatoms. The first kappa shape index (κ1) is 13.7. The summed E-state index contributed by atoms with van der Waals surface area (Å²) in [6.07, 6.45) is 2.06. The van der Waals surface area contributed by atoms with Crippen molar-refractivity contribution >= 4 is 23.2 Å². The SMILES string of the molecule is N#Cc1c[nH]c(-c2nc(Cc3ccc(Cl)c(Cl)c3)no2)c1. The highest BCUT2D eigenvalue weighted by atomic mass is 35.5. The standard InChI is InChI=1S/C14H8Cl2N4O/c15-10-2-1-8(3-11(10)16)5-13-19-14(21-20-13)12-4-9(6-17)7-18-12/h1-4,7,18H,5H2. The average molecular weight is 319 g/mol. The van der Waals surface area contributed by atoms with E-state index in [2.05, 4.69) is 15.1 Å². The fraction of sp³-hybridized carbons (Fsp3) is 0.0714. The van der Waals surface area contributed by atoms with Gasteiger partial charge in [-0.05, 0) is 23.8 Å². The van der Waals surface area contributed by atoms with Crippen LogP contribution in [0.3, 0.4) is 0 Å². The van der Waals surface area contributed by atoms with E-state index in [4.69, 9.17) is 33.0 Å². The van der Waals surface area contributed by atoms with E-state index < -0.39 is 0 Å². The van der Waals surface area contributed by atoms with Crippen molar-refractivity contribution in [3.8, 4) is 17.7 Å². The third kappa shape index (κ3) is 2.92. The van der Waals surface area contributed by atoms with Gasteiger partial charge in [-0.1, -0.05) is 34.4 Å². The molecule has 0 bridgehead atoms. The summed E-state index contributed by atoms with van der Waals surface area (Å²) in [5.41, 5.74) is 2.05. The van der Waals surface area contributed by atoms with E-state index in [-0.39, 0.29) is 0 Å². The van der Waals surface area contributed by atoms with Crippen LogP contribution in [0.5, 0.6) is 0 Å². The minimum atomic E-state index is 0.339. The summed E-state index contributed by atoms with van der Waals surface area (Å²) in [7, 11) is 0. The molecule has 1 aromatic carbocycles. The Balaban J connectivity index is 1.81. The van der Waals surface area contributed by atoms with Crippen LogP contribution in [0.1, 0.15) is 17.0 Å². The zero-order valence-electron chi connectivity index (χ0n) is 10.6. The number of rotatable bonds is 3. The molecule has 0 radical (unpaired) electrons. The van der Waals surface area contributed by atoms with Crippen LogP contribution in [0, 0.1) is 11.3 Å². The van der Waals surface area contributed by atoms with Crippen molar-refractivity contribution in [2.75, 3.05) is 0 Å². The number of nitriles is 1. The topological polar surface area (TPSA) is 78.5 Å². The van der Waals surface area contributed by atoms with Gasteiger partial charge >= 0.3 is 0 Å². The summed E-state index contributed by atoms with van der Waals surface area (Å²) < 4.78 is 5.17. The van der Waals surface area contributed by atoms with Crippen molar-refractivity contribution in [1.29, 1.82) is 5.26 Å². The molecule has 0 atom stereocenters. The Hall–Kier alpha value is -2.29. The van der Waals surface area contributed by atoms with Crippen molar-refractivity contribution in [3.05, 3.63) is 57.5 Å². The summed E-state index contributed by atoms with van der Waals surface area (Å²) in [4.78, 5) is 7.19.